The van der Waals surface area contributed by atoms with Crippen molar-refractivity contribution in [1.29, 1.82) is 0 Å². The molecule has 11 heteroatoms. The van der Waals surface area contributed by atoms with E-state index in [1.807, 2.05) is 0 Å². The van der Waals surface area contributed by atoms with E-state index >= 15 is 0 Å². The molecule has 0 atom stereocenters. The zero-order chi connectivity index (χ0) is 17.0. The molecule has 2 N–H and O–H groups in total. The van der Waals surface area contributed by atoms with Gasteiger partial charge in [-0.15, -0.1) is 0 Å². The molecule has 22 heavy (non-hydrogen) atoms. The lowest BCUT2D eigenvalue weighted by Gasteiger charge is -2.14. The van der Waals surface area contributed by atoms with Crippen molar-refractivity contribution >= 4 is 25.5 Å². The number of para-hydroxylation sites is 1. The Morgan fingerprint density at radius 2 is 1.64 bits per heavy atom. The minimum Gasteiger partial charge on any atom is -0.384 e. The topological polar surface area (TPSA) is 92.3 Å². The van der Waals surface area contributed by atoms with E-state index < -0.39 is 30.3 Å². The van der Waals surface area contributed by atoms with Crippen LogP contribution in [-0.4, -0.2) is 41.7 Å². The standard InChI is InChI=1S/C11H15F3N2O4S2/c1-21(17,18)16-8-4-7-15-9-5-2-3-6-10(9)22(19,20)11(12,13)14/h2-3,5-6,15-16H,4,7-8H2,1H3. The summed E-state index contributed by atoms with van der Waals surface area (Å²) in [6.07, 6.45) is 1.25. The maximum Gasteiger partial charge on any atom is 0.501 e. The zero-order valence-electron chi connectivity index (χ0n) is 11.5. The molecule has 126 valence electrons. The summed E-state index contributed by atoms with van der Waals surface area (Å²) < 4.78 is 84.5. The molecule has 0 aliphatic carbocycles. The Kier molecular flexibility index (Phi) is 5.82. The van der Waals surface area contributed by atoms with E-state index in [1.165, 1.54) is 18.2 Å². The van der Waals surface area contributed by atoms with Gasteiger partial charge in [-0.2, -0.15) is 13.2 Å². The van der Waals surface area contributed by atoms with Crippen LogP contribution < -0.4 is 10.0 Å². The number of sulfone groups is 1. The summed E-state index contributed by atoms with van der Waals surface area (Å²) in [5.74, 6) is 0. The van der Waals surface area contributed by atoms with Crippen LogP contribution in [0.2, 0.25) is 0 Å². The number of hydrogen-bond donors (Lipinski definition) is 2. The van der Waals surface area contributed by atoms with Gasteiger partial charge in [0.15, 0.2) is 0 Å². The van der Waals surface area contributed by atoms with E-state index in [2.05, 4.69) is 10.0 Å². The van der Waals surface area contributed by atoms with Crippen LogP contribution in [0.5, 0.6) is 0 Å². The Labute approximate surface area is 126 Å². The first-order valence-corrected chi connectivity index (χ1v) is 9.41. The summed E-state index contributed by atoms with van der Waals surface area (Å²) >= 11 is 0. The SMILES string of the molecule is CS(=O)(=O)NCCCNc1ccccc1S(=O)(=O)C(F)(F)F. The second-order valence-corrected chi connectivity index (χ2v) is 8.13. The van der Waals surface area contributed by atoms with E-state index in [0.29, 0.717) is 0 Å². The maximum atomic E-state index is 12.6. The molecular formula is C11H15F3N2O4S2. The first-order valence-electron chi connectivity index (χ1n) is 6.04. The summed E-state index contributed by atoms with van der Waals surface area (Å²) in [4.78, 5) is -0.862. The number of anilines is 1. The van der Waals surface area contributed by atoms with Gasteiger partial charge in [0.05, 0.1) is 16.8 Å². The van der Waals surface area contributed by atoms with Gasteiger partial charge in [-0.1, -0.05) is 12.1 Å². The lowest BCUT2D eigenvalue weighted by Crippen LogP contribution is -2.26. The van der Waals surface area contributed by atoms with Crippen LogP contribution in [0, 0.1) is 0 Å². The highest BCUT2D eigenvalue weighted by atomic mass is 32.2. The van der Waals surface area contributed by atoms with E-state index in [-0.39, 0.29) is 25.2 Å². The van der Waals surface area contributed by atoms with Gasteiger partial charge in [-0.3, -0.25) is 0 Å². The Morgan fingerprint density at radius 1 is 1.05 bits per heavy atom. The van der Waals surface area contributed by atoms with Crippen LogP contribution in [0.15, 0.2) is 29.2 Å². The fourth-order valence-corrected chi connectivity index (χ4v) is 2.99. The van der Waals surface area contributed by atoms with Gasteiger partial charge >= 0.3 is 5.51 Å². The normalized spacial score (nSPS) is 13.1. The average Bonchev–Trinajstić information content (AvgIpc) is 2.36. The highest BCUT2D eigenvalue weighted by Crippen LogP contribution is 2.34. The van der Waals surface area contributed by atoms with Gasteiger partial charge in [0.1, 0.15) is 0 Å². The number of alkyl halides is 3. The molecule has 0 unspecified atom stereocenters. The smallest absolute Gasteiger partial charge is 0.384 e. The maximum absolute atomic E-state index is 12.6. The third kappa shape index (κ3) is 5.14. The quantitative estimate of drug-likeness (QED) is 0.716. The molecule has 0 saturated carbocycles. The molecule has 1 aromatic carbocycles. The van der Waals surface area contributed by atoms with E-state index in [0.717, 1.165) is 12.3 Å². The Morgan fingerprint density at radius 3 is 2.18 bits per heavy atom. The highest BCUT2D eigenvalue weighted by Gasteiger charge is 2.47. The van der Waals surface area contributed by atoms with E-state index in [1.54, 1.807) is 0 Å². The van der Waals surface area contributed by atoms with E-state index in [4.69, 9.17) is 0 Å². The summed E-state index contributed by atoms with van der Waals surface area (Å²) in [5.41, 5.74) is -5.57. The lowest BCUT2D eigenvalue weighted by atomic mass is 10.3. The van der Waals surface area contributed by atoms with Crippen LogP contribution >= 0.6 is 0 Å². The predicted molar refractivity (Wildman–Crippen MR) is 75.6 cm³/mol. The monoisotopic (exact) mass is 360 g/mol. The molecule has 0 aromatic heterocycles. The first-order chi connectivity index (χ1) is 9.95. The van der Waals surface area contributed by atoms with Crippen molar-refractivity contribution < 1.29 is 30.0 Å². The number of halogens is 3. The predicted octanol–water partition coefficient (Wildman–Crippen LogP) is 1.33. The number of rotatable bonds is 7. The summed E-state index contributed by atoms with van der Waals surface area (Å²) in [5, 5.41) is 2.56. The van der Waals surface area contributed by atoms with Crippen molar-refractivity contribution in [2.24, 2.45) is 0 Å². The third-order valence-corrected chi connectivity index (χ3v) is 4.79. The number of nitrogens with one attached hydrogen (secondary N) is 2. The third-order valence-electron chi connectivity index (χ3n) is 2.51. The molecule has 0 amide bonds. The van der Waals surface area contributed by atoms with Crippen LogP contribution in [0.25, 0.3) is 0 Å². The van der Waals surface area contributed by atoms with Crippen LogP contribution in [0.1, 0.15) is 6.42 Å². The van der Waals surface area contributed by atoms with E-state index in [9.17, 15) is 30.0 Å². The molecule has 1 aromatic rings. The Hall–Kier alpha value is -1.33. The average molecular weight is 360 g/mol. The molecule has 6 nitrogen and oxygen atoms in total. The largest absolute Gasteiger partial charge is 0.501 e. The fourth-order valence-electron chi connectivity index (χ4n) is 1.54. The van der Waals surface area contributed by atoms with Crippen molar-refractivity contribution in [2.45, 2.75) is 16.8 Å². The number of benzene rings is 1. The summed E-state index contributed by atoms with van der Waals surface area (Å²) in [7, 11) is -8.79. The second-order valence-electron chi connectivity index (χ2n) is 4.39. The number of hydrogen-bond acceptors (Lipinski definition) is 5. The Bertz CT molecular complexity index is 715. The van der Waals surface area contributed by atoms with Gasteiger partial charge in [0.2, 0.25) is 10.0 Å². The zero-order valence-corrected chi connectivity index (χ0v) is 13.1. The molecule has 0 saturated heterocycles. The molecule has 0 fully saturated rings. The first kappa shape index (κ1) is 18.7. The van der Waals surface area contributed by atoms with Gasteiger partial charge in [-0.25, -0.2) is 21.6 Å². The van der Waals surface area contributed by atoms with Crippen molar-refractivity contribution in [3.05, 3.63) is 24.3 Å². The summed E-state index contributed by atoms with van der Waals surface area (Å²) in [6, 6.07) is 4.66. The Balaban J connectivity index is 2.78. The van der Waals surface area contributed by atoms with Crippen LogP contribution in [-0.2, 0) is 19.9 Å². The lowest BCUT2D eigenvalue weighted by molar-refractivity contribution is -0.0435. The van der Waals surface area contributed by atoms with Gasteiger partial charge < -0.3 is 5.32 Å². The minimum atomic E-state index is -5.45. The van der Waals surface area contributed by atoms with Crippen molar-refractivity contribution in [3.8, 4) is 0 Å². The second kappa shape index (κ2) is 6.84. The molecule has 0 aliphatic heterocycles. The van der Waals surface area contributed by atoms with Gasteiger partial charge in [-0.05, 0) is 18.6 Å². The van der Waals surface area contributed by atoms with Crippen LogP contribution in [0.3, 0.4) is 0 Å². The molecule has 0 radical (unpaired) electrons. The van der Waals surface area contributed by atoms with Crippen molar-refractivity contribution in [1.82, 2.24) is 4.72 Å². The molecule has 0 spiro atoms. The molecule has 0 heterocycles. The highest BCUT2D eigenvalue weighted by molar-refractivity contribution is 7.92. The number of sulfonamides is 1. The summed E-state index contributed by atoms with van der Waals surface area (Å²) in [6.45, 7) is 0.187. The molecule has 1 rings (SSSR count). The fraction of sp³-hybridized carbons (Fsp3) is 0.455. The molecular weight excluding hydrogens is 345 g/mol. The molecule has 0 bridgehead atoms. The van der Waals surface area contributed by atoms with Gasteiger partial charge in [0.25, 0.3) is 9.84 Å². The minimum absolute atomic E-state index is 0.0834. The van der Waals surface area contributed by atoms with Crippen molar-refractivity contribution in [3.63, 3.8) is 0 Å². The van der Waals surface area contributed by atoms with Gasteiger partial charge in [0, 0.05) is 13.1 Å². The molecule has 0 aliphatic rings. The van der Waals surface area contributed by atoms with Crippen molar-refractivity contribution in [2.75, 3.05) is 24.7 Å². The van der Waals surface area contributed by atoms with Crippen LogP contribution in [0.4, 0.5) is 18.9 Å².